The van der Waals surface area contributed by atoms with Gasteiger partial charge in [0.1, 0.15) is 6.54 Å². The molecule has 0 radical (unpaired) electrons. The number of rotatable bonds is 6. The van der Waals surface area contributed by atoms with E-state index in [9.17, 15) is 19.7 Å². The lowest BCUT2D eigenvalue weighted by atomic mass is 10.2. The molecule has 8 nitrogen and oxygen atoms in total. The average molecular weight is 369 g/mol. The summed E-state index contributed by atoms with van der Waals surface area (Å²) in [6.07, 6.45) is 0. The summed E-state index contributed by atoms with van der Waals surface area (Å²) in [5, 5.41) is 10.9. The minimum Gasteiger partial charge on any atom is -0.423 e. The Morgan fingerprint density at radius 2 is 2.00 bits per heavy atom. The van der Waals surface area contributed by atoms with Crippen molar-refractivity contribution in [1.82, 2.24) is 4.90 Å². The maximum absolute atomic E-state index is 12.8. The zero-order valence-corrected chi connectivity index (χ0v) is 14.8. The number of amides is 1. The monoisotopic (exact) mass is 369 g/mol. The lowest BCUT2D eigenvalue weighted by Crippen LogP contribution is -2.44. The zero-order chi connectivity index (χ0) is 19.4. The number of nitro groups is 1. The number of carbonyl (C=O) groups excluding carboxylic acids is 2. The van der Waals surface area contributed by atoms with Gasteiger partial charge >= 0.3 is 5.97 Å². The topological polar surface area (TPSA) is 93.0 Å². The van der Waals surface area contributed by atoms with Crippen LogP contribution in [0.3, 0.4) is 0 Å². The molecule has 27 heavy (non-hydrogen) atoms. The van der Waals surface area contributed by atoms with E-state index in [0.717, 1.165) is 5.56 Å². The van der Waals surface area contributed by atoms with Gasteiger partial charge in [-0.2, -0.15) is 0 Å². The first-order valence-electron chi connectivity index (χ1n) is 8.53. The predicted octanol–water partition coefficient (Wildman–Crippen LogP) is 2.37. The molecule has 0 bridgehead atoms. The highest BCUT2D eigenvalue weighted by atomic mass is 16.6. The fraction of sp³-hybridized carbons (Fsp3) is 0.263. The Hall–Kier alpha value is -3.42. The van der Waals surface area contributed by atoms with Crippen molar-refractivity contribution in [1.29, 1.82) is 0 Å². The van der Waals surface area contributed by atoms with Gasteiger partial charge in [-0.1, -0.05) is 30.3 Å². The van der Waals surface area contributed by atoms with Crippen LogP contribution in [0.15, 0.2) is 48.5 Å². The normalized spacial score (nSPS) is 12.9. The summed E-state index contributed by atoms with van der Waals surface area (Å²) in [7, 11) is 0. The van der Waals surface area contributed by atoms with E-state index in [4.69, 9.17) is 4.74 Å². The second-order valence-corrected chi connectivity index (χ2v) is 6.13. The van der Waals surface area contributed by atoms with Crippen LogP contribution in [0.1, 0.15) is 12.5 Å². The van der Waals surface area contributed by atoms with Crippen molar-refractivity contribution in [3.8, 4) is 5.75 Å². The van der Waals surface area contributed by atoms with E-state index in [-0.39, 0.29) is 30.4 Å². The van der Waals surface area contributed by atoms with Crippen LogP contribution in [0.4, 0.5) is 11.4 Å². The molecule has 1 amide bonds. The van der Waals surface area contributed by atoms with Gasteiger partial charge in [-0.15, -0.1) is 0 Å². The Morgan fingerprint density at radius 1 is 1.26 bits per heavy atom. The third-order valence-corrected chi connectivity index (χ3v) is 4.32. The van der Waals surface area contributed by atoms with E-state index >= 15 is 0 Å². The third kappa shape index (κ3) is 4.22. The van der Waals surface area contributed by atoms with Gasteiger partial charge < -0.3 is 14.5 Å². The molecule has 0 fully saturated rings. The third-order valence-electron chi connectivity index (χ3n) is 4.32. The van der Waals surface area contributed by atoms with Gasteiger partial charge in [0.15, 0.2) is 5.75 Å². The smallest absolute Gasteiger partial charge is 0.331 e. The Morgan fingerprint density at radius 3 is 2.67 bits per heavy atom. The van der Waals surface area contributed by atoms with Gasteiger partial charge in [-0.25, -0.2) is 4.79 Å². The first-order chi connectivity index (χ1) is 13.0. The van der Waals surface area contributed by atoms with Crippen LogP contribution in [0.25, 0.3) is 0 Å². The first-order valence-corrected chi connectivity index (χ1v) is 8.53. The van der Waals surface area contributed by atoms with Crippen LogP contribution in [-0.4, -0.2) is 41.3 Å². The van der Waals surface area contributed by atoms with Gasteiger partial charge in [0.2, 0.25) is 5.91 Å². The SMILES string of the molecule is CCN(Cc1ccccc1)C(=O)CN1CC(=O)Oc2cc([N+](=O)[O-])ccc21. The van der Waals surface area contributed by atoms with Crippen molar-refractivity contribution in [2.45, 2.75) is 13.5 Å². The zero-order valence-electron chi connectivity index (χ0n) is 14.8. The maximum atomic E-state index is 12.8. The van der Waals surface area contributed by atoms with Gasteiger partial charge in [-0.3, -0.25) is 14.9 Å². The fourth-order valence-electron chi connectivity index (χ4n) is 2.94. The molecular formula is C19H19N3O5. The largest absolute Gasteiger partial charge is 0.423 e. The Bertz CT molecular complexity index is 869. The number of non-ortho nitro benzene ring substituents is 1. The lowest BCUT2D eigenvalue weighted by Gasteiger charge is -2.31. The highest BCUT2D eigenvalue weighted by Gasteiger charge is 2.28. The van der Waals surface area contributed by atoms with Crippen molar-refractivity contribution in [3.63, 3.8) is 0 Å². The molecule has 1 heterocycles. The molecule has 1 aliphatic heterocycles. The van der Waals surface area contributed by atoms with E-state index in [1.807, 2.05) is 37.3 Å². The van der Waals surface area contributed by atoms with Crippen LogP contribution in [0.2, 0.25) is 0 Å². The van der Waals surface area contributed by atoms with E-state index in [1.165, 1.54) is 18.2 Å². The Balaban J connectivity index is 1.77. The molecule has 0 saturated heterocycles. The van der Waals surface area contributed by atoms with Crippen molar-refractivity contribution in [2.24, 2.45) is 0 Å². The fourth-order valence-corrected chi connectivity index (χ4v) is 2.94. The molecule has 0 N–H and O–H groups in total. The highest BCUT2D eigenvalue weighted by Crippen LogP contribution is 2.35. The standard InChI is InChI=1S/C19H19N3O5/c1-2-20(11-14-6-4-3-5-7-14)18(23)12-21-13-19(24)27-17-10-15(22(25)26)8-9-16(17)21/h3-10H,2,11-13H2,1H3. The summed E-state index contributed by atoms with van der Waals surface area (Å²) in [6, 6.07) is 13.7. The van der Waals surface area contributed by atoms with Crippen LogP contribution >= 0.6 is 0 Å². The second kappa shape index (κ2) is 7.86. The van der Waals surface area contributed by atoms with Gasteiger partial charge in [0.05, 0.1) is 23.2 Å². The van der Waals surface area contributed by atoms with Crippen LogP contribution < -0.4 is 9.64 Å². The quantitative estimate of drug-likeness (QED) is 0.336. The summed E-state index contributed by atoms with van der Waals surface area (Å²) in [6.45, 7) is 2.79. The van der Waals surface area contributed by atoms with Gasteiger partial charge in [0.25, 0.3) is 5.69 Å². The maximum Gasteiger partial charge on any atom is 0.331 e. The number of nitro benzene ring substituents is 1. The summed E-state index contributed by atoms with van der Waals surface area (Å²) in [4.78, 5) is 38.3. The summed E-state index contributed by atoms with van der Waals surface area (Å²) in [5.41, 5.74) is 1.33. The number of fused-ring (bicyclic) bond motifs is 1. The first kappa shape index (κ1) is 18.4. The molecule has 0 saturated carbocycles. The molecule has 1 aliphatic rings. The summed E-state index contributed by atoms with van der Waals surface area (Å²) >= 11 is 0. The number of nitrogens with zero attached hydrogens (tertiary/aromatic N) is 3. The number of anilines is 1. The van der Waals surface area contributed by atoms with E-state index < -0.39 is 10.9 Å². The molecule has 0 spiro atoms. The molecule has 0 atom stereocenters. The number of hydrogen-bond donors (Lipinski definition) is 0. The van der Waals surface area contributed by atoms with Crippen molar-refractivity contribution < 1.29 is 19.2 Å². The highest BCUT2D eigenvalue weighted by molar-refractivity contribution is 5.89. The van der Waals surface area contributed by atoms with Crippen LogP contribution in [0, 0.1) is 10.1 Å². The number of hydrogen-bond acceptors (Lipinski definition) is 6. The van der Waals surface area contributed by atoms with E-state index in [0.29, 0.717) is 18.8 Å². The number of benzene rings is 2. The minimum absolute atomic E-state index is 0.0133. The second-order valence-electron chi connectivity index (χ2n) is 6.13. The summed E-state index contributed by atoms with van der Waals surface area (Å²) < 4.78 is 5.11. The Kier molecular flexibility index (Phi) is 5.35. The predicted molar refractivity (Wildman–Crippen MR) is 98.5 cm³/mol. The lowest BCUT2D eigenvalue weighted by molar-refractivity contribution is -0.384. The van der Waals surface area contributed by atoms with Crippen molar-refractivity contribution >= 4 is 23.3 Å². The minimum atomic E-state index is -0.559. The van der Waals surface area contributed by atoms with Crippen molar-refractivity contribution in [2.75, 3.05) is 24.5 Å². The van der Waals surface area contributed by atoms with Crippen molar-refractivity contribution in [3.05, 3.63) is 64.2 Å². The average Bonchev–Trinajstić information content (AvgIpc) is 2.66. The molecule has 2 aromatic rings. The Labute approximate surface area is 156 Å². The molecule has 0 aromatic heterocycles. The molecule has 8 heteroatoms. The van der Waals surface area contributed by atoms with E-state index in [2.05, 4.69) is 0 Å². The molecule has 0 aliphatic carbocycles. The number of carbonyl (C=O) groups is 2. The van der Waals surface area contributed by atoms with Crippen LogP contribution in [-0.2, 0) is 16.1 Å². The number of esters is 1. The molecule has 0 unspecified atom stereocenters. The number of likely N-dealkylation sites (N-methyl/N-ethyl adjacent to an activating group) is 1. The van der Waals surface area contributed by atoms with Crippen LogP contribution in [0.5, 0.6) is 5.75 Å². The molecular weight excluding hydrogens is 350 g/mol. The van der Waals surface area contributed by atoms with Gasteiger partial charge in [0, 0.05) is 19.2 Å². The molecule has 3 rings (SSSR count). The van der Waals surface area contributed by atoms with Gasteiger partial charge in [-0.05, 0) is 18.6 Å². The molecule has 140 valence electrons. The van der Waals surface area contributed by atoms with E-state index in [1.54, 1.807) is 9.80 Å². The number of ether oxygens (including phenoxy) is 1. The summed E-state index contributed by atoms with van der Waals surface area (Å²) in [5.74, 6) is -0.596. The molecule has 2 aromatic carbocycles.